The molecular formula is C12H15N3O. The summed E-state index contributed by atoms with van der Waals surface area (Å²) in [4.78, 5) is 0. The molecule has 2 aromatic heterocycles. The van der Waals surface area contributed by atoms with E-state index in [1.165, 1.54) is 25.0 Å². The maximum absolute atomic E-state index is 5.83. The summed E-state index contributed by atoms with van der Waals surface area (Å²) in [5, 5.41) is 7.51. The Balaban J connectivity index is 2.02. The number of hydrogen-bond donors (Lipinski definition) is 2. The minimum atomic E-state index is 0.531. The second-order valence-electron chi connectivity index (χ2n) is 4.31. The first-order valence-corrected chi connectivity index (χ1v) is 5.70. The molecule has 0 aliphatic heterocycles. The molecule has 1 fully saturated rings. The van der Waals surface area contributed by atoms with Gasteiger partial charge in [0.05, 0.1) is 12.5 Å². The van der Waals surface area contributed by atoms with Crippen LogP contribution in [0.25, 0.3) is 11.3 Å². The number of aromatic amines is 1. The molecule has 1 aliphatic carbocycles. The Morgan fingerprint density at radius 1 is 1.50 bits per heavy atom. The zero-order valence-corrected chi connectivity index (χ0v) is 9.07. The van der Waals surface area contributed by atoms with E-state index in [9.17, 15) is 0 Å². The fraction of sp³-hybridized carbons (Fsp3) is 0.417. The first-order valence-electron chi connectivity index (χ1n) is 5.70. The maximum atomic E-state index is 5.83. The summed E-state index contributed by atoms with van der Waals surface area (Å²) in [5.74, 6) is 0.631. The molecule has 3 N–H and O–H groups in total. The summed E-state index contributed by atoms with van der Waals surface area (Å²) < 4.78 is 5.08. The van der Waals surface area contributed by atoms with E-state index in [1.54, 1.807) is 12.5 Å². The summed E-state index contributed by atoms with van der Waals surface area (Å²) >= 11 is 0. The van der Waals surface area contributed by atoms with Crippen molar-refractivity contribution in [3.63, 3.8) is 0 Å². The van der Waals surface area contributed by atoms with Gasteiger partial charge < -0.3 is 10.2 Å². The Hall–Kier alpha value is -1.55. The molecule has 16 heavy (non-hydrogen) atoms. The molecule has 1 saturated carbocycles. The van der Waals surface area contributed by atoms with Gasteiger partial charge in [-0.25, -0.2) is 0 Å². The first-order chi connectivity index (χ1) is 7.90. The maximum Gasteiger partial charge on any atom is 0.100 e. The molecule has 2 aromatic rings. The van der Waals surface area contributed by atoms with Crippen molar-refractivity contribution >= 4 is 0 Å². The van der Waals surface area contributed by atoms with E-state index in [2.05, 4.69) is 10.2 Å². The highest BCUT2D eigenvalue weighted by Gasteiger charge is 2.26. The van der Waals surface area contributed by atoms with Crippen molar-refractivity contribution in [3.05, 3.63) is 29.9 Å². The summed E-state index contributed by atoms with van der Waals surface area (Å²) in [6.45, 7) is 0.531. The quantitative estimate of drug-likeness (QED) is 0.829. The average Bonchev–Trinajstić information content (AvgIpc) is 2.81. The van der Waals surface area contributed by atoms with Crippen LogP contribution in [0.1, 0.15) is 36.4 Å². The normalized spacial score (nSPS) is 16.3. The van der Waals surface area contributed by atoms with Crippen molar-refractivity contribution in [1.29, 1.82) is 0 Å². The summed E-state index contributed by atoms with van der Waals surface area (Å²) in [6, 6.07) is 1.92. The van der Waals surface area contributed by atoms with Gasteiger partial charge in [0, 0.05) is 29.3 Å². The summed E-state index contributed by atoms with van der Waals surface area (Å²) in [6.07, 6.45) is 7.18. The van der Waals surface area contributed by atoms with Crippen LogP contribution >= 0.6 is 0 Å². The fourth-order valence-corrected chi connectivity index (χ4v) is 2.26. The third-order valence-electron chi connectivity index (χ3n) is 3.41. The number of nitrogens with one attached hydrogen (secondary N) is 1. The van der Waals surface area contributed by atoms with Crippen LogP contribution in [-0.4, -0.2) is 10.2 Å². The number of aromatic nitrogens is 2. The van der Waals surface area contributed by atoms with Gasteiger partial charge in [-0.2, -0.15) is 5.10 Å². The predicted octanol–water partition coefficient (Wildman–Crippen LogP) is 2.40. The molecular weight excluding hydrogens is 202 g/mol. The molecule has 0 saturated heterocycles. The highest BCUT2D eigenvalue weighted by Crippen LogP contribution is 2.39. The third-order valence-corrected chi connectivity index (χ3v) is 3.41. The highest BCUT2D eigenvalue weighted by atomic mass is 16.3. The predicted molar refractivity (Wildman–Crippen MR) is 60.8 cm³/mol. The molecule has 0 atom stereocenters. The van der Waals surface area contributed by atoms with Gasteiger partial charge in [0.2, 0.25) is 0 Å². The van der Waals surface area contributed by atoms with Crippen molar-refractivity contribution < 1.29 is 4.42 Å². The number of furan rings is 1. The molecule has 0 bridgehead atoms. The molecule has 0 unspecified atom stereocenters. The van der Waals surface area contributed by atoms with Crippen molar-refractivity contribution in [1.82, 2.24) is 10.2 Å². The van der Waals surface area contributed by atoms with Gasteiger partial charge in [0.1, 0.15) is 5.69 Å². The second kappa shape index (κ2) is 3.79. The van der Waals surface area contributed by atoms with E-state index in [4.69, 9.17) is 10.2 Å². The lowest BCUT2D eigenvalue weighted by atomic mass is 9.81. The van der Waals surface area contributed by atoms with Gasteiger partial charge in [0.25, 0.3) is 0 Å². The zero-order valence-electron chi connectivity index (χ0n) is 9.07. The molecule has 0 spiro atoms. The van der Waals surface area contributed by atoms with Crippen molar-refractivity contribution in [2.24, 2.45) is 5.73 Å². The van der Waals surface area contributed by atoms with E-state index in [1.807, 2.05) is 6.07 Å². The van der Waals surface area contributed by atoms with Crippen molar-refractivity contribution in [2.45, 2.75) is 31.7 Å². The minimum Gasteiger partial charge on any atom is -0.472 e. The lowest BCUT2D eigenvalue weighted by Gasteiger charge is -2.25. The topological polar surface area (TPSA) is 67.8 Å². The molecule has 2 heterocycles. The number of nitrogens with two attached hydrogens (primary N) is 1. The van der Waals surface area contributed by atoms with Crippen molar-refractivity contribution in [2.75, 3.05) is 0 Å². The monoisotopic (exact) mass is 217 g/mol. The zero-order chi connectivity index (χ0) is 11.0. The highest BCUT2D eigenvalue weighted by molar-refractivity contribution is 5.63. The Labute approximate surface area is 93.8 Å². The molecule has 84 valence electrons. The van der Waals surface area contributed by atoms with Crippen LogP contribution in [-0.2, 0) is 6.54 Å². The van der Waals surface area contributed by atoms with E-state index < -0.39 is 0 Å². The van der Waals surface area contributed by atoms with Crippen molar-refractivity contribution in [3.8, 4) is 11.3 Å². The molecule has 0 amide bonds. The number of H-pyrrole nitrogens is 1. The van der Waals surface area contributed by atoms with Gasteiger partial charge in [-0.1, -0.05) is 6.42 Å². The van der Waals surface area contributed by atoms with Crippen LogP contribution in [0.2, 0.25) is 0 Å². The summed E-state index contributed by atoms with van der Waals surface area (Å²) in [5.41, 5.74) is 10.1. The fourth-order valence-electron chi connectivity index (χ4n) is 2.26. The lowest BCUT2D eigenvalue weighted by molar-refractivity contribution is 0.408. The van der Waals surface area contributed by atoms with E-state index in [-0.39, 0.29) is 0 Å². The minimum absolute atomic E-state index is 0.531. The molecule has 4 nitrogen and oxygen atoms in total. The third kappa shape index (κ3) is 1.38. The van der Waals surface area contributed by atoms with Crippen LogP contribution in [0.4, 0.5) is 0 Å². The summed E-state index contributed by atoms with van der Waals surface area (Å²) in [7, 11) is 0. The second-order valence-corrected chi connectivity index (χ2v) is 4.31. The Morgan fingerprint density at radius 2 is 2.38 bits per heavy atom. The smallest absolute Gasteiger partial charge is 0.100 e. The molecule has 4 heteroatoms. The SMILES string of the molecule is NCc1c(-c2ccoc2)n[nH]c1C1CCC1. The van der Waals surface area contributed by atoms with Gasteiger partial charge in [0.15, 0.2) is 0 Å². The van der Waals surface area contributed by atoms with Gasteiger partial charge in [-0.3, -0.25) is 5.10 Å². The molecule has 3 rings (SSSR count). The van der Waals surface area contributed by atoms with Gasteiger partial charge >= 0.3 is 0 Å². The van der Waals surface area contributed by atoms with Gasteiger partial charge in [-0.05, 0) is 18.9 Å². The Kier molecular flexibility index (Phi) is 2.29. The van der Waals surface area contributed by atoms with Crippen LogP contribution in [0, 0.1) is 0 Å². The van der Waals surface area contributed by atoms with Crippen LogP contribution < -0.4 is 5.73 Å². The standard InChI is InChI=1S/C12H15N3O/c13-6-10-11(8-2-1-3-8)14-15-12(10)9-4-5-16-7-9/h4-5,7-8H,1-3,6,13H2,(H,14,15). The van der Waals surface area contributed by atoms with Crippen LogP contribution in [0.15, 0.2) is 23.0 Å². The van der Waals surface area contributed by atoms with Crippen LogP contribution in [0.3, 0.4) is 0 Å². The van der Waals surface area contributed by atoms with Crippen LogP contribution in [0.5, 0.6) is 0 Å². The van der Waals surface area contributed by atoms with Gasteiger partial charge in [-0.15, -0.1) is 0 Å². The van der Waals surface area contributed by atoms with E-state index >= 15 is 0 Å². The largest absolute Gasteiger partial charge is 0.472 e. The first kappa shape index (κ1) is 9.66. The Bertz CT molecular complexity index is 468. The lowest BCUT2D eigenvalue weighted by Crippen LogP contribution is -2.12. The average molecular weight is 217 g/mol. The molecule has 0 aromatic carbocycles. The van der Waals surface area contributed by atoms with E-state index in [0.717, 1.165) is 16.8 Å². The number of nitrogens with zero attached hydrogens (tertiary/aromatic N) is 1. The molecule has 1 aliphatic rings. The number of hydrogen-bond acceptors (Lipinski definition) is 3. The number of rotatable bonds is 3. The molecule has 0 radical (unpaired) electrons. The Morgan fingerprint density at radius 3 is 2.94 bits per heavy atom. The van der Waals surface area contributed by atoms with E-state index in [0.29, 0.717) is 12.5 Å².